The number of alkyl halides is 3. The fourth-order valence-electron chi connectivity index (χ4n) is 1.82. The zero-order valence-corrected chi connectivity index (χ0v) is 10.4. The average Bonchev–Trinajstić information content (AvgIpc) is 2.80. The van der Waals surface area contributed by atoms with E-state index in [9.17, 15) is 22.8 Å². The molecule has 0 radical (unpaired) electrons. The number of fused-ring (bicyclic) bond motifs is 1. The number of ether oxygens (including phenoxy) is 1. The third-order valence-corrected chi connectivity index (χ3v) is 2.67. The van der Waals surface area contributed by atoms with E-state index in [1.54, 1.807) is 0 Å². The van der Waals surface area contributed by atoms with Gasteiger partial charge in [0.05, 0.1) is 23.4 Å². The fraction of sp³-hybridized carbons (Fsp3) is 0.231. The van der Waals surface area contributed by atoms with Gasteiger partial charge in [0.1, 0.15) is 0 Å². The lowest BCUT2D eigenvalue weighted by Crippen LogP contribution is -2.17. The first-order valence-electron chi connectivity index (χ1n) is 5.75. The van der Waals surface area contributed by atoms with Crippen molar-refractivity contribution in [2.75, 3.05) is 6.61 Å². The molecule has 4 nitrogen and oxygen atoms in total. The van der Waals surface area contributed by atoms with Crippen LogP contribution in [0.15, 0.2) is 24.3 Å². The molecule has 0 amide bonds. The van der Waals surface area contributed by atoms with Gasteiger partial charge in [-0.05, 0) is 19.1 Å². The smallest absolute Gasteiger partial charge is 0.418 e. The van der Waals surface area contributed by atoms with Crippen molar-refractivity contribution >= 4 is 22.7 Å². The second-order valence-electron chi connectivity index (χ2n) is 4.00. The van der Waals surface area contributed by atoms with E-state index in [0.29, 0.717) is 0 Å². The highest BCUT2D eigenvalue weighted by Gasteiger charge is 2.33. The van der Waals surface area contributed by atoms with Crippen LogP contribution in [-0.2, 0) is 15.7 Å². The molecule has 1 aromatic heterocycles. The molecule has 0 bridgehead atoms. The highest BCUT2D eigenvalue weighted by atomic mass is 19.4. The number of rotatable bonds is 3. The number of nitrogens with one attached hydrogen (secondary N) is 1. The van der Waals surface area contributed by atoms with Crippen LogP contribution in [0.25, 0.3) is 10.9 Å². The van der Waals surface area contributed by atoms with Gasteiger partial charge < -0.3 is 9.72 Å². The number of aromatic amines is 1. The molecular formula is C13H10F3NO3. The van der Waals surface area contributed by atoms with Crippen molar-refractivity contribution in [2.45, 2.75) is 13.1 Å². The summed E-state index contributed by atoms with van der Waals surface area (Å²) in [6.45, 7) is 1.54. The number of halogens is 3. The Balaban J connectivity index is 2.49. The summed E-state index contributed by atoms with van der Waals surface area (Å²) in [5.74, 6) is -2.11. The van der Waals surface area contributed by atoms with Crippen LogP contribution in [0.4, 0.5) is 13.2 Å². The van der Waals surface area contributed by atoms with Crippen molar-refractivity contribution in [3.05, 3.63) is 35.5 Å². The Morgan fingerprint density at radius 1 is 1.30 bits per heavy atom. The van der Waals surface area contributed by atoms with E-state index < -0.39 is 23.5 Å². The summed E-state index contributed by atoms with van der Waals surface area (Å²) in [5.41, 5.74) is -1.35. The molecule has 0 saturated carbocycles. The van der Waals surface area contributed by atoms with E-state index in [-0.39, 0.29) is 23.2 Å². The number of esters is 1. The van der Waals surface area contributed by atoms with Crippen LogP contribution < -0.4 is 0 Å². The van der Waals surface area contributed by atoms with Gasteiger partial charge in [0.2, 0.25) is 0 Å². The predicted octanol–water partition coefficient (Wildman–Crippen LogP) is 2.93. The number of para-hydroxylation sites is 1. The maximum absolute atomic E-state index is 12.8. The Hall–Kier alpha value is -2.31. The second kappa shape index (κ2) is 4.99. The SMILES string of the molecule is CCOC(=O)C(=O)c1cc2cccc(C(F)(F)F)c2[nH]1. The molecule has 0 saturated heterocycles. The summed E-state index contributed by atoms with van der Waals surface area (Å²) in [5, 5.41) is 0.201. The lowest BCUT2D eigenvalue weighted by Gasteiger charge is -2.07. The molecule has 0 aliphatic carbocycles. The van der Waals surface area contributed by atoms with Crippen LogP contribution in [0.5, 0.6) is 0 Å². The van der Waals surface area contributed by atoms with Gasteiger partial charge in [0, 0.05) is 5.39 Å². The number of ketones is 1. The molecule has 0 aliphatic heterocycles. The molecule has 20 heavy (non-hydrogen) atoms. The average molecular weight is 285 g/mol. The molecule has 1 heterocycles. The molecule has 0 aliphatic rings. The van der Waals surface area contributed by atoms with Gasteiger partial charge in [-0.25, -0.2) is 4.79 Å². The molecule has 0 atom stereocenters. The quantitative estimate of drug-likeness (QED) is 0.536. The maximum Gasteiger partial charge on any atom is 0.418 e. The summed E-state index contributed by atoms with van der Waals surface area (Å²) in [7, 11) is 0. The van der Waals surface area contributed by atoms with Gasteiger partial charge in [0.15, 0.2) is 0 Å². The number of carbonyl (C=O) groups excluding carboxylic acids is 2. The van der Waals surface area contributed by atoms with Crippen molar-refractivity contribution in [3.8, 4) is 0 Å². The maximum atomic E-state index is 12.8. The molecule has 7 heteroatoms. The number of Topliss-reactive ketones (excluding diaryl/α,β-unsaturated/α-hetero) is 1. The topological polar surface area (TPSA) is 59.2 Å². The Labute approximate surface area is 111 Å². The molecule has 106 valence electrons. The Morgan fingerprint density at radius 3 is 2.60 bits per heavy atom. The number of hydrogen-bond acceptors (Lipinski definition) is 3. The van der Waals surface area contributed by atoms with E-state index in [4.69, 9.17) is 0 Å². The van der Waals surface area contributed by atoms with E-state index in [2.05, 4.69) is 9.72 Å². The fourth-order valence-corrected chi connectivity index (χ4v) is 1.82. The third-order valence-electron chi connectivity index (χ3n) is 2.67. The highest BCUT2D eigenvalue weighted by Crippen LogP contribution is 2.34. The number of hydrogen-bond donors (Lipinski definition) is 1. The van der Waals surface area contributed by atoms with Crippen LogP contribution in [0.1, 0.15) is 23.0 Å². The minimum Gasteiger partial charge on any atom is -0.460 e. The van der Waals surface area contributed by atoms with Crippen LogP contribution in [0.2, 0.25) is 0 Å². The summed E-state index contributed by atoms with van der Waals surface area (Å²) < 4.78 is 43.0. The van der Waals surface area contributed by atoms with Crippen molar-refractivity contribution < 1.29 is 27.5 Å². The molecule has 2 aromatic rings. The standard InChI is InChI=1S/C13H10F3NO3/c1-2-20-12(19)11(18)9-6-7-4-3-5-8(10(7)17-9)13(14,15)16/h3-6,17H,2H2,1H3. The van der Waals surface area contributed by atoms with E-state index in [0.717, 1.165) is 6.07 Å². The molecule has 0 spiro atoms. The van der Waals surface area contributed by atoms with Crippen molar-refractivity contribution in [1.82, 2.24) is 4.98 Å². The molecule has 1 aromatic carbocycles. The van der Waals surface area contributed by atoms with E-state index >= 15 is 0 Å². The van der Waals surface area contributed by atoms with Gasteiger partial charge in [-0.3, -0.25) is 4.79 Å². The first-order chi connectivity index (χ1) is 9.34. The van der Waals surface area contributed by atoms with E-state index in [1.807, 2.05) is 0 Å². The molecule has 0 unspecified atom stereocenters. The summed E-state index contributed by atoms with van der Waals surface area (Å²) in [6, 6.07) is 4.75. The highest BCUT2D eigenvalue weighted by molar-refractivity contribution is 6.40. The van der Waals surface area contributed by atoms with Crippen LogP contribution in [-0.4, -0.2) is 23.3 Å². The minimum absolute atomic E-state index is 0.0125. The normalized spacial score (nSPS) is 11.6. The number of carbonyl (C=O) groups is 2. The molecule has 0 fully saturated rings. The molecular weight excluding hydrogens is 275 g/mol. The van der Waals surface area contributed by atoms with Gasteiger partial charge in [-0.2, -0.15) is 13.2 Å². The number of H-pyrrole nitrogens is 1. The van der Waals surface area contributed by atoms with Gasteiger partial charge in [0.25, 0.3) is 5.78 Å². The summed E-state index contributed by atoms with van der Waals surface area (Å²) in [4.78, 5) is 25.3. The monoisotopic (exact) mass is 285 g/mol. The minimum atomic E-state index is -4.55. The van der Waals surface area contributed by atoms with Gasteiger partial charge in [-0.15, -0.1) is 0 Å². The van der Waals surface area contributed by atoms with Crippen molar-refractivity contribution in [2.24, 2.45) is 0 Å². The lowest BCUT2D eigenvalue weighted by molar-refractivity contribution is -0.137. The number of benzene rings is 1. The molecule has 1 N–H and O–H groups in total. The summed E-state index contributed by atoms with van der Waals surface area (Å²) >= 11 is 0. The summed E-state index contributed by atoms with van der Waals surface area (Å²) in [6.07, 6.45) is -4.55. The lowest BCUT2D eigenvalue weighted by atomic mass is 10.1. The Morgan fingerprint density at radius 2 is 2.00 bits per heavy atom. The zero-order chi connectivity index (χ0) is 14.9. The Kier molecular flexibility index (Phi) is 3.52. The number of aromatic nitrogens is 1. The van der Waals surface area contributed by atoms with Crippen LogP contribution >= 0.6 is 0 Å². The van der Waals surface area contributed by atoms with Gasteiger partial charge >= 0.3 is 12.1 Å². The second-order valence-corrected chi connectivity index (χ2v) is 4.00. The van der Waals surface area contributed by atoms with Crippen molar-refractivity contribution in [1.29, 1.82) is 0 Å². The first-order valence-corrected chi connectivity index (χ1v) is 5.75. The van der Waals surface area contributed by atoms with Crippen LogP contribution in [0.3, 0.4) is 0 Å². The largest absolute Gasteiger partial charge is 0.460 e. The van der Waals surface area contributed by atoms with Crippen LogP contribution in [0, 0.1) is 0 Å². The Bertz CT molecular complexity index is 673. The predicted molar refractivity (Wildman–Crippen MR) is 64.3 cm³/mol. The van der Waals surface area contributed by atoms with E-state index in [1.165, 1.54) is 25.1 Å². The van der Waals surface area contributed by atoms with Crippen molar-refractivity contribution in [3.63, 3.8) is 0 Å². The third kappa shape index (κ3) is 2.52. The zero-order valence-electron chi connectivity index (χ0n) is 10.4. The molecule has 2 rings (SSSR count). The first kappa shape index (κ1) is 14.1. The van der Waals surface area contributed by atoms with Gasteiger partial charge in [-0.1, -0.05) is 12.1 Å².